The van der Waals surface area contributed by atoms with Crippen LogP contribution in [0.25, 0.3) is 0 Å². The van der Waals surface area contributed by atoms with Gasteiger partial charge in [-0.3, -0.25) is 0 Å². The van der Waals surface area contributed by atoms with E-state index in [0.29, 0.717) is 17.8 Å². The average molecular weight is 208 g/mol. The number of aryl methyl sites for hydroxylation is 1. The first-order chi connectivity index (χ1) is 7.13. The van der Waals surface area contributed by atoms with Crippen LogP contribution in [0.15, 0.2) is 18.2 Å². The zero-order valence-corrected chi connectivity index (χ0v) is 9.23. The normalized spacial score (nSPS) is 10.1. The minimum absolute atomic E-state index is 0.474. The van der Waals surface area contributed by atoms with Crippen LogP contribution in [0, 0.1) is 6.92 Å². The number of hydrogen-bond acceptors (Lipinski definition) is 3. The van der Waals surface area contributed by atoms with Gasteiger partial charge in [0.2, 0.25) is 0 Å². The van der Waals surface area contributed by atoms with Crippen molar-refractivity contribution in [2.75, 3.05) is 6.61 Å². The van der Waals surface area contributed by atoms with Crippen molar-refractivity contribution in [3.05, 3.63) is 23.8 Å². The zero-order chi connectivity index (χ0) is 11.3. The smallest absolute Gasteiger partial charge is 0.488 e. The molecule has 0 heterocycles. The molecule has 0 spiro atoms. The molecule has 0 aliphatic heterocycles. The predicted octanol–water partition coefficient (Wildman–Crippen LogP) is 0.854. The molecule has 0 saturated carbocycles. The summed E-state index contributed by atoms with van der Waals surface area (Å²) in [6, 6.07) is 5.28. The maximum atomic E-state index is 9.04. The van der Waals surface area contributed by atoms with Gasteiger partial charge in [-0.1, -0.05) is 19.4 Å². The lowest BCUT2D eigenvalue weighted by Gasteiger charge is -2.08. The largest absolute Gasteiger partial charge is 0.494 e. The van der Waals surface area contributed by atoms with E-state index >= 15 is 0 Å². The fourth-order valence-electron chi connectivity index (χ4n) is 1.34. The van der Waals surface area contributed by atoms with Gasteiger partial charge in [-0.05, 0) is 36.5 Å². The Balaban J connectivity index is 2.71. The molecule has 0 saturated heterocycles. The molecule has 15 heavy (non-hydrogen) atoms. The molecule has 0 aromatic heterocycles. The Kier molecular flexibility index (Phi) is 4.65. The molecule has 3 nitrogen and oxygen atoms in total. The highest BCUT2D eigenvalue weighted by Crippen LogP contribution is 2.11. The maximum Gasteiger partial charge on any atom is 0.488 e. The van der Waals surface area contributed by atoms with Crippen LogP contribution >= 0.6 is 0 Å². The number of rotatable bonds is 5. The van der Waals surface area contributed by atoms with Gasteiger partial charge >= 0.3 is 7.12 Å². The minimum atomic E-state index is -1.43. The van der Waals surface area contributed by atoms with Crippen LogP contribution in [0.2, 0.25) is 0 Å². The van der Waals surface area contributed by atoms with Gasteiger partial charge in [0.05, 0.1) is 6.61 Å². The molecule has 1 aromatic carbocycles. The molecule has 0 atom stereocenters. The molecule has 0 fully saturated rings. The molecule has 0 amide bonds. The molecule has 0 aliphatic carbocycles. The summed E-state index contributed by atoms with van der Waals surface area (Å²) in [5.41, 5.74) is 1.44. The van der Waals surface area contributed by atoms with E-state index in [1.807, 2.05) is 13.0 Å². The summed E-state index contributed by atoms with van der Waals surface area (Å²) < 4.78 is 5.50. The lowest BCUT2D eigenvalue weighted by molar-refractivity contribution is 0.309. The molecule has 1 aromatic rings. The van der Waals surface area contributed by atoms with Crippen LogP contribution in [-0.4, -0.2) is 23.8 Å². The summed E-state index contributed by atoms with van der Waals surface area (Å²) >= 11 is 0. The second kappa shape index (κ2) is 5.78. The molecule has 0 radical (unpaired) electrons. The van der Waals surface area contributed by atoms with Gasteiger partial charge in [0.25, 0.3) is 0 Å². The number of unbranched alkanes of at least 4 members (excludes halogenated alkanes) is 1. The highest BCUT2D eigenvalue weighted by molar-refractivity contribution is 6.58. The maximum absolute atomic E-state index is 9.04. The van der Waals surface area contributed by atoms with Crippen LogP contribution in [-0.2, 0) is 0 Å². The average Bonchev–Trinajstić information content (AvgIpc) is 2.17. The van der Waals surface area contributed by atoms with E-state index in [2.05, 4.69) is 6.92 Å². The number of hydrogen-bond donors (Lipinski definition) is 2. The van der Waals surface area contributed by atoms with Gasteiger partial charge in [-0.15, -0.1) is 0 Å². The van der Waals surface area contributed by atoms with Crippen molar-refractivity contribution in [2.24, 2.45) is 0 Å². The third kappa shape index (κ3) is 3.94. The minimum Gasteiger partial charge on any atom is -0.494 e. The lowest BCUT2D eigenvalue weighted by atomic mass is 9.79. The van der Waals surface area contributed by atoms with Gasteiger partial charge in [-0.25, -0.2) is 0 Å². The van der Waals surface area contributed by atoms with Crippen molar-refractivity contribution in [2.45, 2.75) is 26.7 Å². The Labute approximate surface area is 90.9 Å². The summed E-state index contributed by atoms with van der Waals surface area (Å²) in [5, 5.41) is 18.1. The van der Waals surface area contributed by atoms with Crippen molar-refractivity contribution in [1.82, 2.24) is 0 Å². The fraction of sp³-hybridized carbons (Fsp3) is 0.455. The SMILES string of the molecule is CCCCOc1cc(C)cc(B(O)O)c1. The van der Waals surface area contributed by atoms with Gasteiger partial charge in [0.1, 0.15) is 5.75 Å². The first kappa shape index (κ1) is 12.1. The van der Waals surface area contributed by atoms with E-state index in [1.165, 1.54) is 0 Å². The zero-order valence-electron chi connectivity index (χ0n) is 9.23. The monoisotopic (exact) mass is 208 g/mol. The third-order valence-electron chi connectivity index (χ3n) is 2.14. The Morgan fingerprint density at radius 3 is 2.60 bits per heavy atom. The van der Waals surface area contributed by atoms with Crippen molar-refractivity contribution < 1.29 is 14.8 Å². The summed E-state index contributed by atoms with van der Waals surface area (Å²) in [5.74, 6) is 0.701. The Hall–Kier alpha value is -0.995. The molecule has 1 rings (SSSR count). The molecule has 0 aliphatic rings. The molecular formula is C11H17BO3. The van der Waals surface area contributed by atoms with Crippen LogP contribution < -0.4 is 10.2 Å². The van der Waals surface area contributed by atoms with E-state index < -0.39 is 7.12 Å². The van der Waals surface area contributed by atoms with Crippen molar-refractivity contribution in [1.29, 1.82) is 0 Å². The van der Waals surface area contributed by atoms with Crippen LogP contribution in [0.4, 0.5) is 0 Å². The Bertz CT molecular complexity index is 313. The van der Waals surface area contributed by atoms with Crippen molar-refractivity contribution in [3.8, 4) is 5.75 Å². The first-order valence-corrected chi connectivity index (χ1v) is 5.24. The lowest BCUT2D eigenvalue weighted by Crippen LogP contribution is -2.30. The molecule has 4 heteroatoms. The van der Waals surface area contributed by atoms with Crippen LogP contribution in [0.3, 0.4) is 0 Å². The van der Waals surface area contributed by atoms with Gasteiger partial charge in [0.15, 0.2) is 0 Å². The summed E-state index contributed by atoms with van der Waals surface area (Å²) in [6.45, 7) is 4.67. The molecule has 82 valence electrons. The number of benzene rings is 1. The van der Waals surface area contributed by atoms with Gasteiger partial charge < -0.3 is 14.8 Å². The summed E-state index contributed by atoms with van der Waals surface area (Å²) in [6.07, 6.45) is 2.09. The predicted molar refractivity (Wildman–Crippen MR) is 61.4 cm³/mol. The Morgan fingerprint density at radius 1 is 1.27 bits per heavy atom. The van der Waals surface area contributed by atoms with E-state index in [-0.39, 0.29) is 0 Å². The van der Waals surface area contributed by atoms with E-state index in [0.717, 1.165) is 18.4 Å². The third-order valence-corrected chi connectivity index (χ3v) is 2.14. The topological polar surface area (TPSA) is 49.7 Å². The second-order valence-corrected chi connectivity index (χ2v) is 3.66. The standard InChI is InChI=1S/C11H17BO3/c1-3-4-5-15-11-7-9(2)6-10(8-11)12(13)14/h6-8,13-14H,3-5H2,1-2H3. The van der Waals surface area contributed by atoms with Crippen molar-refractivity contribution in [3.63, 3.8) is 0 Å². The van der Waals surface area contributed by atoms with Gasteiger partial charge in [-0.2, -0.15) is 0 Å². The van der Waals surface area contributed by atoms with Gasteiger partial charge in [0, 0.05) is 0 Å². The summed E-state index contributed by atoms with van der Waals surface area (Å²) in [4.78, 5) is 0. The Morgan fingerprint density at radius 2 is 2.00 bits per heavy atom. The van der Waals surface area contributed by atoms with Crippen molar-refractivity contribution >= 4 is 12.6 Å². The number of ether oxygens (including phenoxy) is 1. The molecule has 0 unspecified atom stereocenters. The fourth-order valence-corrected chi connectivity index (χ4v) is 1.34. The van der Waals surface area contributed by atoms with E-state index in [4.69, 9.17) is 14.8 Å². The second-order valence-electron chi connectivity index (χ2n) is 3.66. The van der Waals surface area contributed by atoms with Crippen LogP contribution in [0.1, 0.15) is 25.3 Å². The van der Waals surface area contributed by atoms with E-state index in [9.17, 15) is 0 Å². The van der Waals surface area contributed by atoms with E-state index in [1.54, 1.807) is 12.1 Å². The molecule has 0 bridgehead atoms. The highest BCUT2D eigenvalue weighted by atomic mass is 16.5. The molecular weight excluding hydrogens is 191 g/mol. The first-order valence-electron chi connectivity index (χ1n) is 5.24. The summed E-state index contributed by atoms with van der Waals surface area (Å²) in [7, 11) is -1.43. The highest BCUT2D eigenvalue weighted by Gasteiger charge is 2.12. The molecule has 2 N–H and O–H groups in total. The quantitative estimate of drug-likeness (QED) is 0.557. The van der Waals surface area contributed by atoms with Crippen LogP contribution in [0.5, 0.6) is 5.75 Å².